The number of carbonyl (C=O) groups excluding carboxylic acids is 1. The van der Waals surface area contributed by atoms with Gasteiger partial charge in [0, 0.05) is 13.7 Å². The summed E-state index contributed by atoms with van der Waals surface area (Å²) in [6.45, 7) is 0.418. The van der Waals surface area contributed by atoms with E-state index in [0.29, 0.717) is 6.54 Å². The quantitative estimate of drug-likeness (QED) is 0.864. The molecule has 1 saturated carbocycles. The average Bonchev–Trinajstić information content (AvgIpc) is 2.53. The van der Waals surface area contributed by atoms with Crippen molar-refractivity contribution in [3.63, 3.8) is 0 Å². The van der Waals surface area contributed by atoms with Crippen LogP contribution < -0.4 is 5.32 Å². The molecule has 114 valence electrons. The van der Waals surface area contributed by atoms with Crippen LogP contribution in [0.5, 0.6) is 0 Å². The van der Waals surface area contributed by atoms with E-state index in [4.69, 9.17) is 9.84 Å². The summed E-state index contributed by atoms with van der Waals surface area (Å²) < 4.78 is 5.60. The molecule has 0 atom stereocenters. The lowest BCUT2D eigenvalue weighted by atomic mass is 9.84. The average molecular weight is 292 g/mol. The van der Waals surface area contributed by atoms with Crippen molar-refractivity contribution in [1.82, 2.24) is 10.3 Å². The molecule has 0 saturated heterocycles. The Labute approximate surface area is 123 Å². The Morgan fingerprint density at radius 3 is 2.57 bits per heavy atom. The second-order valence-corrected chi connectivity index (χ2v) is 5.34. The Morgan fingerprint density at radius 1 is 1.29 bits per heavy atom. The molecule has 1 heterocycles. The zero-order valence-electron chi connectivity index (χ0n) is 12.1. The first-order chi connectivity index (χ1) is 10.1. The van der Waals surface area contributed by atoms with E-state index in [0.717, 1.165) is 25.7 Å². The molecule has 0 aromatic carbocycles. The monoisotopic (exact) mass is 292 g/mol. The number of aromatic nitrogens is 1. The highest BCUT2D eigenvalue weighted by molar-refractivity contribution is 5.94. The maximum Gasteiger partial charge on any atom is 0.354 e. The second-order valence-electron chi connectivity index (χ2n) is 5.34. The maximum absolute atomic E-state index is 12.1. The van der Waals surface area contributed by atoms with E-state index in [2.05, 4.69) is 10.3 Å². The van der Waals surface area contributed by atoms with Gasteiger partial charge < -0.3 is 15.2 Å². The van der Waals surface area contributed by atoms with Gasteiger partial charge in [0.15, 0.2) is 0 Å². The van der Waals surface area contributed by atoms with Crippen molar-refractivity contribution in [2.75, 3.05) is 13.7 Å². The van der Waals surface area contributed by atoms with Crippen molar-refractivity contribution in [3.8, 4) is 0 Å². The first kappa shape index (κ1) is 15.4. The fourth-order valence-electron chi connectivity index (χ4n) is 2.66. The number of ether oxygens (including phenoxy) is 1. The summed E-state index contributed by atoms with van der Waals surface area (Å²) in [6, 6.07) is 4.37. The molecule has 21 heavy (non-hydrogen) atoms. The number of nitrogens with zero attached hydrogens (tertiary/aromatic N) is 1. The third kappa shape index (κ3) is 3.78. The van der Waals surface area contributed by atoms with E-state index < -0.39 is 5.97 Å². The van der Waals surface area contributed by atoms with Crippen molar-refractivity contribution in [2.24, 2.45) is 0 Å². The number of aromatic carboxylic acids is 1. The van der Waals surface area contributed by atoms with Crippen LogP contribution in [0.25, 0.3) is 0 Å². The third-order valence-corrected chi connectivity index (χ3v) is 3.97. The number of carbonyl (C=O) groups is 2. The topological polar surface area (TPSA) is 88.5 Å². The fourth-order valence-corrected chi connectivity index (χ4v) is 2.66. The van der Waals surface area contributed by atoms with Gasteiger partial charge in [-0.05, 0) is 25.0 Å². The Morgan fingerprint density at radius 2 is 1.95 bits per heavy atom. The van der Waals surface area contributed by atoms with E-state index >= 15 is 0 Å². The Bertz CT molecular complexity index is 524. The molecule has 0 aliphatic heterocycles. The molecule has 1 aliphatic rings. The maximum atomic E-state index is 12.1. The van der Waals surface area contributed by atoms with Crippen LogP contribution in [-0.4, -0.2) is 41.2 Å². The number of hydrogen-bond donors (Lipinski definition) is 2. The van der Waals surface area contributed by atoms with Crippen LogP contribution in [0, 0.1) is 0 Å². The zero-order valence-corrected chi connectivity index (χ0v) is 12.1. The lowest BCUT2D eigenvalue weighted by Crippen LogP contribution is -2.45. The molecule has 6 nitrogen and oxygen atoms in total. The third-order valence-electron chi connectivity index (χ3n) is 3.97. The van der Waals surface area contributed by atoms with Crippen LogP contribution >= 0.6 is 0 Å². The molecule has 0 spiro atoms. The van der Waals surface area contributed by atoms with Gasteiger partial charge in [-0.3, -0.25) is 4.79 Å². The molecule has 1 amide bonds. The number of amides is 1. The summed E-state index contributed by atoms with van der Waals surface area (Å²) in [7, 11) is 1.67. The Balaban J connectivity index is 2.01. The standard InChI is InChI=1S/C15H20N2O4/c1-21-15(8-3-2-4-9-15)10-16-13(18)11-6-5-7-12(17-11)14(19)20/h5-7H,2-4,8-10H2,1H3,(H,16,18)(H,19,20). The summed E-state index contributed by atoms with van der Waals surface area (Å²) in [5, 5.41) is 11.7. The van der Waals surface area contributed by atoms with Crippen molar-refractivity contribution in [3.05, 3.63) is 29.6 Å². The predicted molar refractivity (Wildman–Crippen MR) is 76.4 cm³/mol. The molecule has 1 aliphatic carbocycles. The van der Waals surface area contributed by atoms with Gasteiger partial charge >= 0.3 is 5.97 Å². The Hall–Kier alpha value is -1.95. The van der Waals surface area contributed by atoms with Crippen LogP contribution in [0.4, 0.5) is 0 Å². The van der Waals surface area contributed by atoms with Crippen LogP contribution in [0.2, 0.25) is 0 Å². The van der Waals surface area contributed by atoms with Crippen molar-refractivity contribution in [1.29, 1.82) is 0 Å². The lowest BCUT2D eigenvalue weighted by Gasteiger charge is -2.36. The van der Waals surface area contributed by atoms with Gasteiger partial charge in [-0.2, -0.15) is 0 Å². The summed E-state index contributed by atoms with van der Waals surface area (Å²) >= 11 is 0. The molecule has 6 heteroatoms. The summed E-state index contributed by atoms with van der Waals surface area (Å²) in [4.78, 5) is 26.8. The number of hydrogen-bond acceptors (Lipinski definition) is 4. The van der Waals surface area contributed by atoms with Crippen LogP contribution in [0.15, 0.2) is 18.2 Å². The highest BCUT2D eigenvalue weighted by atomic mass is 16.5. The highest BCUT2D eigenvalue weighted by Gasteiger charge is 2.32. The van der Waals surface area contributed by atoms with E-state index in [1.807, 2.05) is 0 Å². The number of carboxylic acid groups (broad SMARTS) is 1. The number of carboxylic acids is 1. The molecular weight excluding hydrogens is 272 g/mol. The first-order valence-electron chi connectivity index (χ1n) is 7.10. The molecule has 1 aromatic rings. The van der Waals surface area contributed by atoms with E-state index in [1.54, 1.807) is 7.11 Å². The number of pyridine rings is 1. The second kappa shape index (κ2) is 6.67. The van der Waals surface area contributed by atoms with Crippen LogP contribution in [-0.2, 0) is 4.74 Å². The van der Waals surface area contributed by atoms with Gasteiger partial charge in [0.25, 0.3) is 5.91 Å². The number of nitrogens with one attached hydrogen (secondary N) is 1. The molecule has 1 aromatic heterocycles. The van der Waals surface area contributed by atoms with E-state index in [9.17, 15) is 9.59 Å². The van der Waals surface area contributed by atoms with Crippen molar-refractivity contribution < 1.29 is 19.4 Å². The largest absolute Gasteiger partial charge is 0.477 e. The molecule has 1 fully saturated rings. The smallest absolute Gasteiger partial charge is 0.354 e. The lowest BCUT2D eigenvalue weighted by molar-refractivity contribution is -0.0364. The van der Waals surface area contributed by atoms with E-state index in [1.165, 1.54) is 24.6 Å². The Kier molecular flexibility index (Phi) is 4.90. The van der Waals surface area contributed by atoms with Crippen molar-refractivity contribution >= 4 is 11.9 Å². The number of rotatable bonds is 5. The fraction of sp³-hybridized carbons (Fsp3) is 0.533. The molecule has 0 bridgehead atoms. The van der Waals surface area contributed by atoms with Gasteiger partial charge in [-0.15, -0.1) is 0 Å². The summed E-state index contributed by atoms with van der Waals surface area (Å²) in [6.07, 6.45) is 5.23. The molecule has 0 unspecified atom stereocenters. The van der Waals surface area contributed by atoms with Crippen LogP contribution in [0.1, 0.15) is 53.1 Å². The SMILES string of the molecule is COC1(CNC(=O)c2cccc(C(=O)O)n2)CCCCC1. The molecule has 2 N–H and O–H groups in total. The van der Waals surface area contributed by atoms with Gasteiger partial charge in [0.05, 0.1) is 5.60 Å². The van der Waals surface area contributed by atoms with E-state index in [-0.39, 0.29) is 22.9 Å². The highest BCUT2D eigenvalue weighted by Crippen LogP contribution is 2.30. The molecule has 2 rings (SSSR count). The predicted octanol–water partition coefficient (Wildman–Crippen LogP) is 1.86. The molecule has 0 radical (unpaired) electrons. The van der Waals surface area contributed by atoms with Gasteiger partial charge in [0.1, 0.15) is 11.4 Å². The minimum Gasteiger partial charge on any atom is -0.477 e. The minimum absolute atomic E-state index is 0.108. The van der Waals surface area contributed by atoms with Crippen molar-refractivity contribution in [2.45, 2.75) is 37.7 Å². The minimum atomic E-state index is -1.15. The summed E-state index contributed by atoms with van der Waals surface area (Å²) in [5.74, 6) is -1.52. The zero-order chi connectivity index (χ0) is 15.3. The van der Waals surface area contributed by atoms with Gasteiger partial charge in [-0.1, -0.05) is 25.3 Å². The molecular formula is C15H20N2O4. The first-order valence-corrected chi connectivity index (χ1v) is 7.10. The van der Waals surface area contributed by atoms with Gasteiger partial charge in [-0.25, -0.2) is 9.78 Å². The van der Waals surface area contributed by atoms with Crippen LogP contribution in [0.3, 0.4) is 0 Å². The van der Waals surface area contributed by atoms with Gasteiger partial charge in [0.2, 0.25) is 0 Å². The summed E-state index contributed by atoms with van der Waals surface area (Å²) in [5.41, 5.74) is -0.336. The number of methoxy groups -OCH3 is 1. The normalized spacial score (nSPS) is 17.2.